The highest BCUT2D eigenvalue weighted by Gasteiger charge is 2.61. The molecular formula is C32H44N2O14. The van der Waals surface area contributed by atoms with E-state index in [2.05, 4.69) is 5.16 Å². The molecule has 48 heavy (non-hydrogen) atoms. The second kappa shape index (κ2) is 14.9. The average molecular weight is 681 g/mol. The van der Waals surface area contributed by atoms with Crippen LogP contribution < -0.4 is 0 Å². The molecule has 266 valence electrons. The number of fused-ring (bicyclic) bond motifs is 3. The van der Waals surface area contributed by atoms with Gasteiger partial charge in [-0.25, -0.2) is 0 Å². The molecule has 0 aromatic heterocycles. The van der Waals surface area contributed by atoms with Gasteiger partial charge in [0.1, 0.15) is 12.7 Å². The van der Waals surface area contributed by atoms with Gasteiger partial charge in [0.05, 0.1) is 29.8 Å². The Balaban J connectivity index is 1.44. The van der Waals surface area contributed by atoms with Gasteiger partial charge in [0.15, 0.2) is 12.2 Å². The summed E-state index contributed by atoms with van der Waals surface area (Å²) < 4.78 is 27.3. The minimum Gasteiger partial charge on any atom is -0.463 e. The van der Waals surface area contributed by atoms with E-state index < -0.39 is 97.1 Å². The summed E-state index contributed by atoms with van der Waals surface area (Å²) in [6.07, 6.45) is -4.81. The lowest BCUT2D eigenvalue weighted by Gasteiger charge is -2.46. The van der Waals surface area contributed by atoms with Gasteiger partial charge in [-0.2, -0.15) is 0 Å². The third-order valence-electron chi connectivity index (χ3n) is 9.98. The second-order valence-corrected chi connectivity index (χ2v) is 13.2. The van der Waals surface area contributed by atoms with Crippen LogP contribution in [0.25, 0.3) is 0 Å². The first-order valence-electron chi connectivity index (χ1n) is 16.5. The van der Waals surface area contributed by atoms with Crippen LogP contribution in [0.3, 0.4) is 0 Å². The topological polar surface area (TPSA) is 214 Å². The van der Waals surface area contributed by atoms with E-state index in [0.29, 0.717) is 18.6 Å². The first-order valence-corrected chi connectivity index (χ1v) is 16.5. The van der Waals surface area contributed by atoms with Crippen molar-refractivity contribution in [1.29, 1.82) is 0 Å². The van der Waals surface area contributed by atoms with Crippen LogP contribution in [0.2, 0.25) is 0 Å². The van der Waals surface area contributed by atoms with Gasteiger partial charge in [-0.15, -0.1) is 0 Å². The molecule has 11 atom stereocenters. The zero-order valence-electron chi connectivity index (χ0n) is 27.5. The Morgan fingerprint density at radius 3 is 2.02 bits per heavy atom. The Morgan fingerprint density at radius 2 is 1.40 bits per heavy atom. The summed E-state index contributed by atoms with van der Waals surface area (Å²) in [5, 5.41) is 26.5. The molecule has 0 spiro atoms. The van der Waals surface area contributed by atoms with Crippen LogP contribution in [0, 0.1) is 23.7 Å². The number of oxime groups is 1. The van der Waals surface area contributed by atoms with Gasteiger partial charge in [-0.05, 0) is 25.7 Å². The number of imide groups is 1. The fourth-order valence-corrected chi connectivity index (χ4v) is 8.09. The monoisotopic (exact) mass is 680 g/mol. The molecule has 0 unspecified atom stereocenters. The molecule has 0 aromatic rings. The summed E-state index contributed by atoms with van der Waals surface area (Å²) in [5.74, 6) is -6.45. The quantitative estimate of drug-likeness (QED) is 0.155. The lowest BCUT2D eigenvalue weighted by Crippen LogP contribution is -2.62. The van der Waals surface area contributed by atoms with Crippen molar-refractivity contribution in [3.63, 3.8) is 0 Å². The van der Waals surface area contributed by atoms with Crippen molar-refractivity contribution in [2.24, 2.45) is 28.8 Å². The Morgan fingerprint density at radius 1 is 0.792 bits per heavy atom. The zero-order chi connectivity index (χ0) is 34.9. The number of nitrogens with zero attached hydrogens (tertiary/aromatic N) is 2. The minimum atomic E-state index is -1.59. The van der Waals surface area contributed by atoms with E-state index >= 15 is 0 Å². The van der Waals surface area contributed by atoms with Crippen LogP contribution in [0.1, 0.15) is 79.1 Å². The molecular weight excluding hydrogens is 636 g/mol. The van der Waals surface area contributed by atoms with Crippen molar-refractivity contribution < 1.29 is 67.5 Å². The van der Waals surface area contributed by atoms with E-state index in [-0.39, 0.29) is 24.3 Å². The minimum absolute atomic E-state index is 0.126. The number of rotatable bonds is 8. The van der Waals surface area contributed by atoms with E-state index in [1.165, 1.54) is 4.90 Å². The molecule has 2 N–H and O–H groups in total. The summed E-state index contributed by atoms with van der Waals surface area (Å²) in [4.78, 5) is 82.6. The molecule has 0 aromatic carbocycles. The number of hydrogen-bond acceptors (Lipinski definition) is 15. The molecule has 0 bridgehead atoms. The molecule has 2 heterocycles. The van der Waals surface area contributed by atoms with Crippen LogP contribution in [0.5, 0.6) is 0 Å². The standard InChI is InChI=1S/C32H44N2O14/c1-14(35)43-13-23-27(44-15(2)36)28(45-16(3)37)29(46-17(4)38)32(47-23)48-33-21-12-22(39)26(40)24-19(21)10-11-20-25(24)31(42)34(30(20)41)18-8-6-5-7-9-18/h18-20,22-29,32,39-40H,5-13H2,1-4H3/b33-21+/t19-,20-,22-,23-,24+,25-,26-,27-,28+,29-,32+/m1/s1. The smallest absolute Gasteiger partial charge is 0.303 e. The summed E-state index contributed by atoms with van der Waals surface area (Å²) in [6.45, 7) is 3.99. The third-order valence-corrected chi connectivity index (χ3v) is 9.98. The first-order chi connectivity index (χ1) is 22.8. The van der Waals surface area contributed by atoms with Gasteiger partial charge >= 0.3 is 23.9 Å². The molecule has 2 amide bonds. The second-order valence-electron chi connectivity index (χ2n) is 13.2. The fourth-order valence-electron chi connectivity index (χ4n) is 8.09. The number of ether oxygens (including phenoxy) is 5. The Kier molecular flexibility index (Phi) is 11.0. The van der Waals surface area contributed by atoms with Crippen molar-refractivity contribution in [1.82, 2.24) is 4.90 Å². The maximum Gasteiger partial charge on any atom is 0.303 e. The third kappa shape index (κ3) is 7.34. The van der Waals surface area contributed by atoms with Gasteiger partial charge in [-0.3, -0.25) is 33.7 Å². The van der Waals surface area contributed by atoms with Crippen LogP contribution >= 0.6 is 0 Å². The van der Waals surface area contributed by atoms with Gasteiger partial charge in [0, 0.05) is 52.0 Å². The van der Waals surface area contributed by atoms with Gasteiger partial charge in [0.2, 0.25) is 17.9 Å². The lowest BCUT2D eigenvalue weighted by molar-refractivity contribution is -0.308. The molecule has 16 nitrogen and oxygen atoms in total. The van der Waals surface area contributed by atoms with E-state index in [9.17, 15) is 39.0 Å². The number of carbonyl (C=O) groups is 6. The number of esters is 4. The number of aliphatic hydroxyl groups excluding tert-OH is 2. The number of carbonyl (C=O) groups excluding carboxylic acids is 6. The number of likely N-dealkylation sites (tertiary alicyclic amines) is 1. The molecule has 2 saturated heterocycles. The van der Waals surface area contributed by atoms with Crippen molar-refractivity contribution in [2.75, 3.05) is 6.61 Å². The maximum atomic E-state index is 13.9. The van der Waals surface area contributed by atoms with Crippen LogP contribution in [0.4, 0.5) is 0 Å². The summed E-state index contributed by atoms with van der Waals surface area (Å²) in [6, 6.07) is -0.174. The summed E-state index contributed by atoms with van der Waals surface area (Å²) in [5.41, 5.74) is 0.292. The zero-order valence-corrected chi connectivity index (χ0v) is 27.5. The van der Waals surface area contributed by atoms with Crippen molar-refractivity contribution >= 4 is 41.4 Å². The molecule has 5 fully saturated rings. The Bertz CT molecular complexity index is 1310. The molecule has 16 heteroatoms. The van der Waals surface area contributed by atoms with Crippen LogP contribution in [-0.2, 0) is 57.3 Å². The van der Waals surface area contributed by atoms with E-state index in [1.807, 2.05) is 0 Å². The molecule has 0 radical (unpaired) electrons. The van der Waals surface area contributed by atoms with Crippen molar-refractivity contribution in [2.45, 2.75) is 128 Å². The summed E-state index contributed by atoms with van der Waals surface area (Å²) in [7, 11) is 0. The molecule has 2 aliphatic heterocycles. The highest BCUT2D eigenvalue weighted by molar-refractivity contribution is 6.06. The summed E-state index contributed by atoms with van der Waals surface area (Å²) >= 11 is 0. The maximum absolute atomic E-state index is 13.9. The number of hydrogen-bond donors (Lipinski definition) is 2. The number of amides is 2. The lowest BCUT2D eigenvalue weighted by atomic mass is 9.60. The predicted octanol–water partition coefficient (Wildman–Crippen LogP) is 0.528. The highest BCUT2D eigenvalue weighted by Crippen LogP contribution is 2.50. The van der Waals surface area contributed by atoms with Crippen molar-refractivity contribution in [3.8, 4) is 0 Å². The van der Waals surface area contributed by atoms with Gasteiger partial charge < -0.3 is 38.7 Å². The molecule has 3 saturated carbocycles. The van der Waals surface area contributed by atoms with E-state index in [0.717, 1.165) is 59.8 Å². The van der Waals surface area contributed by atoms with E-state index in [1.54, 1.807) is 0 Å². The highest BCUT2D eigenvalue weighted by atomic mass is 16.8. The number of aliphatic hydroxyl groups is 2. The fraction of sp³-hybridized carbons (Fsp3) is 0.781. The van der Waals surface area contributed by atoms with Gasteiger partial charge in [0.25, 0.3) is 6.29 Å². The normalized spacial score (nSPS) is 37.7. The van der Waals surface area contributed by atoms with Gasteiger partial charge in [-0.1, -0.05) is 24.4 Å². The molecule has 5 rings (SSSR count). The van der Waals surface area contributed by atoms with Crippen LogP contribution in [-0.4, -0.2) is 112 Å². The Labute approximate surface area is 277 Å². The van der Waals surface area contributed by atoms with Crippen LogP contribution in [0.15, 0.2) is 5.16 Å². The molecule has 5 aliphatic rings. The van der Waals surface area contributed by atoms with Crippen molar-refractivity contribution in [3.05, 3.63) is 0 Å². The Hall–Kier alpha value is -3.63. The SMILES string of the molecule is CC(=O)OC[C@H]1O[C@@H](O/N=C2\C[C@@H](O)[C@@H](O)[C@@H]3[C@@H]4C(=O)N(C5CCCCC5)C(=O)[C@@H]4CC[C@H]23)[C@H](OC(C)=O)[C@@H](OC(C)=O)[C@@H]1OC(C)=O. The largest absolute Gasteiger partial charge is 0.463 e. The first kappa shape index (κ1) is 35.7. The average Bonchev–Trinajstić information content (AvgIpc) is 3.28. The molecule has 3 aliphatic carbocycles. The van der Waals surface area contributed by atoms with E-state index in [4.69, 9.17) is 28.5 Å². The predicted molar refractivity (Wildman–Crippen MR) is 159 cm³/mol.